The van der Waals surface area contributed by atoms with Crippen LogP contribution in [0.25, 0.3) is 0 Å². The van der Waals surface area contributed by atoms with Gasteiger partial charge in [-0.1, -0.05) is 20.3 Å². The third-order valence-electron chi connectivity index (χ3n) is 4.99. The van der Waals surface area contributed by atoms with Crippen LogP contribution >= 0.6 is 0 Å². The van der Waals surface area contributed by atoms with Gasteiger partial charge in [-0.15, -0.1) is 0 Å². The minimum Gasteiger partial charge on any atom is -1.00 e. The number of rotatable bonds is 4. The molecule has 0 radical (unpaired) electrons. The van der Waals surface area contributed by atoms with Crippen molar-refractivity contribution in [3.8, 4) is 0 Å². The molecule has 0 aliphatic carbocycles. The van der Waals surface area contributed by atoms with E-state index in [4.69, 9.17) is 0 Å². The molecule has 2 rings (SSSR count). The molecule has 3 atom stereocenters. The van der Waals surface area contributed by atoms with E-state index in [2.05, 4.69) is 20.9 Å². The molecule has 0 saturated carbocycles. The second-order valence-electron chi connectivity index (χ2n) is 5.83. The molecule has 4 heteroatoms. The highest BCUT2D eigenvalue weighted by molar-refractivity contribution is 7.87. The van der Waals surface area contributed by atoms with E-state index in [0.29, 0.717) is 10.8 Å². The molecule has 2 heterocycles. The van der Waals surface area contributed by atoms with Crippen LogP contribution < -0.4 is 12.4 Å². The molecule has 0 aromatic rings. The van der Waals surface area contributed by atoms with Crippen molar-refractivity contribution in [1.82, 2.24) is 0 Å². The van der Waals surface area contributed by atoms with Crippen molar-refractivity contribution in [3.05, 3.63) is 0 Å². The lowest BCUT2D eigenvalue weighted by Crippen LogP contribution is -3.00. The Labute approximate surface area is 115 Å². The van der Waals surface area contributed by atoms with Crippen molar-refractivity contribution in [3.63, 3.8) is 0 Å². The highest BCUT2D eigenvalue weighted by Gasteiger charge is 2.63. The zero-order valence-electron chi connectivity index (χ0n) is 11.4. The summed E-state index contributed by atoms with van der Waals surface area (Å²) in [6.07, 6.45) is 6.34. The van der Waals surface area contributed by atoms with Gasteiger partial charge in [0.2, 0.25) is 0 Å². The van der Waals surface area contributed by atoms with Crippen LogP contribution in [-0.4, -0.2) is 45.4 Å². The van der Waals surface area contributed by atoms with E-state index >= 15 is 0 Å². The fourth-order valence-electron chi connectivity index (χ4n) is 4.07. The lowest BCUT2D eigenvalue weighted by molar-refractivity contribution is -0.948. The number of nitrogens with zero attached hydrogens (tertiary/aromatic N) is 1. The molecular formula is C13H26ClNOS. The van der Waals surface area contributed by atoms with E-state index in [1.165, 1.54) is 43.3 Å². The quantitative estimate of drug-likeness (QED) is 0.623. The van der Waals surface area contributed by atoms with Gasteiger partial charge in [-0.2, -0.15) is 0 Å². The van der Waals surface area contributed by atoms with Crippen LogP contribution in [0, 0.1) is 0 Å². The van der Waals surface area contributed by atoms with Crippen molar-refractivity contribution in [2.45, 2.75) is 56.7 Å². The van der Waals surface area contributed by atoms with Crippen LogP contribution in [0.2, 0.25) is 0 Å². The van der Waals surface area contributed by atoms with E-state index in [1.54, 1.807) is 0 Å². The van der Waals surface area contributed by atoms with Crippen LogP contribution in [0.3, 0.4) is 0 Å². The van der Waals surface area contributed by atoms with Crippen LogP contribution in [0.5, 0.6) is 0 Å². The number of likely N-dealkylation sites (tertiary alicyclic amines) is 1. The van der Waals surface area contributed by atoms with Crippen molar-refractivity contribution in [2.24, 2.45) is 0 Å². The summed E-state index contributed by atoms with van der Waals surface area (Å²) in [5.41, 5.74) is 0.366. The molecule has 2 aliphatic heterocycles. The summed E-state index contributed by atoms with van der Waals surface area (Å²) < 4.78 is 13.2. The van der Waals surface area contributed by atoms with Gasteiger partial charge in [0, 0.05) is 30.1 Å². The molecule has 0 bridgehead atoms. The lowest BCUT2D eigenvalue weighted by atomic mass is 9.85. The first-order chi connectivity index (χ1) is 7.59. The predicted molar refractivity (Wildman–Crippen MR) is 69.9 cm³/mol. The first-order valence-electron chi connectivity index (χ1n) is 6.81. The SMILES string of the molecule is CCCC1([N+]2(C)CCCC2)CS(=O)C1CC.[Cl-]. The topological polar surface area (TPSA) is 17.1 Å². The lowest BCUT2D eigenvalue weighted by Gasteiger charge is -2.58. The van der Waals surface area contributed by atoms with Crippen LogP contribution in [-0.2, 0) is 10.8 Å². The molecular weight excluding hydrogens is 254 g/mol. The number of hydrogen-bond donors (Lipinski definition) is 0. The molecule has 0 N–H and O–H groups in total. The molecule has 0 amide bonds. The van der Waals surface area contributed by atoms with Crippen LogP contribution in [0.15, 0.2) is 0 Å². The minimum atomic E-state index is -0.538. The zero-order chi connectivity index (χ0) is 11.8. The number of halogens is 1. The van der Waals surface area contributed by atoms with E-state index in [-0.39, 0.29) is 12.4 Å². The third kappa shape index (κ3) is 2.19. The summed E-state index contributed by atoms with van der Waals surface area (Å²) in [7, 11) is 1.88. The summed E-state index contributed by atoms with van der Waals surface area (Å²) in [6, 6.07) is 0. The van der Waals surface area contributed by atoms with Gasteiger partial charge in [-0.05, 0) is 6.42 Å². The van der Waals surface area contributed by atoms with Gasteiger partial charge in [-0.25, -0.2) is 0 Å². The second kappa shape index (κ2) is 5.58. The Balaban J connectivity index is 0.00000144. The molecule has 2 fully saturated rings. The van der Waals surface area contributed by atoms with Crippen LogP contribution in [0.1, 0.15) is 46.0 Å². The van der Waals surface area contributed by atoms with E-state index < -0.39 is 10.8 Å². The summed E-state index contributed by atoms with van der Waals surface area (Å²) in [4.78, 5) is 0. The highest BCUT2D eigenvalue weighted by Crippen LogP contribution is 2.46. The fourth-order valence-corrected chi connectivity index (χ4v) is 6.44. The summed E-state index contributed by atoms with van der Waals surface area (Å²) in [5, 5.41) is 0.468. The zero-order valence-corrected chi connectivity index (χ0v) is 12.9. The normalized spacial score (nSPS) is 39.5. The standard InChI is InChI=1S/C13H26NOS.ClH/c1-4-8-13(11-16(15)12(13)5-2)14(3)9-6-7-10-14;/h12H,4-11H2,1-3H3;1H/q+1;/p-1. The molecule has 0 aromatic heterocycles. The first kappa shape index (κ1) is 15.5. The maximum absolute atomic E-state index is 12.0. The Morgan fingerprint density at radius 2 is 1.88 bits per heavy atom. The Morgan fingerprint density at radius 3 is 2.29 bits per heavy atom. The van der Waals surface area contributed by atoms with E-state index in [0.717, 1.165) is 12.2 Å². The van der Waals surface area contributed by atoms with E-state index in [1.807, 2.05) is 0 Å². The monoisotopic (exact) mass is 279 g/mol. The fraction of sp³-hybridized carbons (Fsp3) is 1.00. The van der Waals surface area contributed by atoms with E-state index in [9.17, 15) is 4.21 Å². The van der Waals surface area contributed by atoms with Gasteiger partial charge in [0.25, 0.3) is 0 Å². The van der Waals surface area contributed by atoms with Crippen LogP contribution in [0.4, 0.5) is 0 Å². The largest absolute Gasteiger partial charge is 1.00 e. The third-order valence-corrected chi connectivity index (χ3v) is 7.18. The van der Waals surface area contributed by atoms with Gasteiger partial charge >= 0.3 is 0 Å². The van der Waals surface area contributed by atoms with Crippen molar-refractivity contribution in [1.29, 1.82) is 0 Å². The van der Waals surface area contributed by atoms with Gasteiger partial charge < -0.3 is 16.9 Å². The van der Waals surface area contributed by atoms with Gasteiger partial charge in [0.15, 0.2) is 0 Å². The molecule has 17 heavy (non-hydrogen) atoms. The molecule has 0 aromatic carbocycles. The van der Waals surface area contributed by atoms with Gasteiger partial charge in [0.05, 0.1) is 31.1 Å². The van der Waals surface area contributed by atoms with Gasteiger partial charge in [0.1, 0.15) is 5.54 Å². The molecule has 2 nitrogen and oxygen atoms in total. The average Bonchev–Trinajstić information content (AvgIpc) is 2.66. The Hall–Kier alpha value is 0.400. The molecule has 2 aliphatic rings. The van der Waals surface area contributed by atoms with Gasteiger partial charge in [-0.3, -0.25) is 4.21 Å². The van der Waals surface area contributed by atoms with Crippen molar-refractivity contribution in [2.75, 3.05) is 25.9 Å². The van der Waals surface area contributed by atoms with Crippen molar-refractivity contribution < 1.29 is 21.1 Å². The average molecular weight is 280 g/mol. The molecule has 2 saturated heterocycles. The minimum absolute atomic E-state index is 0. The number of hydrogen-bond acceptors (Lipinski definition) is 1. The smallest absolute Gasteiger partial charge is 0.125 e. The summed E-state index contributed by atoms with van der Waals surface area (Å²) >= 11 is 0. The maximum Gasteiger partial charge on any atom is 0.125 e. The first-order valence-corrected chi connectivity index (χ1v) is 8.19. The Kier molecular flexibility index (Phi) is 5.07. The molecule has 102 valence electrons. The summed E-state index contributed by atoms with van der Waals surface area (Å²) in [6.45, 7) is 7.12. The highest BCUT2D eigenvalue weighted by atomic mass is 35.5. The van der Waals surface area contributed by atoms with Crippen molar-refractivity contribution >= 4 is 10.8 Å². The molecule has 0 spiro atoms. The maximum atomic E-state index is 12.0. The predicted octanol–water partition coefficient (Wildman–Crippen LogP) is -0.689. The molecule has 3 unspecified atom stereocenters. The second-order valence-corrected chi connectivity index (χ2v) is 7.44. The Bertz CT molecular complexity index is 291. The Morgan fingerprint density at radius 1 is 1.29 bits per heavy atom. The number of quaternary nitrogens is 1. The summed E-state index contributed by atoms with van der Waals surface area (Å²) in [5.74, 6) is 0.968.